The Morgan fingerprint density at radius 3 is 2.00 bits per heavy atom. The summed E-state index contributed by atoms with van der Waals surface area (Å²) in [4.78, 5) is 92.1. The molecular weight excluding hydrogens is 680 g/mol. The fourth-order valence-corrected chi connectivity index (χ4v) is 6.27. The van der Waals surface area contributed by atoms with Crippen molar-refractivity contribution in [3.63, 3.8) is 0 Å². The summed E-state index contributed by atoms with van der Waals surface area (Å²) in [6.07, 6.45) is 2.49. The molecule has 1 aliphatic heterocycles. The predicted octanol–water partition coefficient (Wildman–Crippen LogP) is 0.891. The van der Waals surface area contributed by atoms with Crippen molar-refractivity contribution in [2.45, 2.75) is 109 Å². The number of hydrogen-bond acceptors (Lipinski definition) is 9. The Morgan fingerprint density at radius 1 is 0.843 bits per heavy atom. The molecule has 51 heavy (non-hydrogen) atoms. The summed E-state index contributed by atoms with van der Waals surface area (Å²) in [5, 5.41) is 29.6. The third-order valence-electron chi connectivity index (χ3n) is 8.55. The van der Waals surface area contributed by atoms with Gasteiger partial charge in [-0.15, -0.1) is 0 Å². The van der Waals surface area contributed by atoms with Gasteiger partial charge in [-0.1, -0.05) is 58.0 Å². The van der Waals surface area contributed by atoms with Crippen LogP contribution < -0.4 is 27.0 Å². The standard InChI is InChI=1S/C35H54N6O9S/c1-20(2)18-23(36)30(44)37-25(15-17-51-5)31(45)38-24(13-14-28(42)43)32(46)40-29(21(3)4)33(47)39-26(19-22-10-7-6-8-11-22)34(48)41-16-9-12-27(41)35(49)50/h6-8,10-11,20-21,23-27,29H,9,12-19,36H2,1-5H3,(H,37,44)(H,38,45)(H,39,47)(H,40,46)(H,42,43)(H,49,50)/t23-,24-,25-,26-,27-,29-/m0/s1. The molecule has 0 aromatic heterocycles. The minimum atomic E-state index is -1.39. The van der Waals surface area contributed by atoms with Crippen molar-refractivity contribution < 1.29 is 43.8 Å². The molecule has 0 aliphatic carbocycles. The molecular formula is C35H54N6O9S. The molecule has 8 N–H and O–H groups in total. The number of carboxylic acid groups (broad SMARTS) is 2. The molecule has 2 rings (SSSR count). The molecule has 5 amide bonds. The van der Waals surface area contributed by atoms with Crippen LogP contribution in [0.5, 0.6) is 0 Å². The fourth-order valence-electron chi connectivity index (χ4n) is 5.79. The van der Waals surface area contributed by atoms with Crippen molar-refractivity contribution in [2.75, 3.05) is 18.6 Å². The zero-order valence-electron chi connectivity index (χ0n) is 30.1. The van der Waals surface area contributed by atoms with E-state index in [9.17, 15) is 43.8 Å². The molecule has 1 fully saturated rings. The van der Waals surface area contributed by atoms with Gasteiger partial charge >= 0.3 is 11.9 Å². The molecule has 15 nitrogen and oxygen atoms in total. The molecule has 0 spiro atoms. The molecule has 0 radical (unpaired) electrons. The first-order valence-electron chi connectivity index (χ1n) is 17.3. The minimum Gasteiger partial charge on any atom is -0.481 e. The van der Waals surface area contributed by atoms with Gasteiger partial charge in [0.1, 0.15) is 30.2 Å². The zero-order valence-corrected chi connectivity index (χ0v) is 30.9. The summed E-state index contributed by atoms with van der Waals surface area (Å²) in [5.74, 6) is -5.60. The molecule has 6 atom stereocenters. The number of carbonyl (C=O) groups is 7. The summed E-state index contributed by atoms with van der Waals surface area (Å²) in [7, 11) is 0. The second-order valence-corrected chi connectivity index (χ2v) is 14.6. The second kappa shape index (κ2) is 21.2. The highest BCUT2D eigenvalue weighted by atomic mass is 32.2. The lowest BCUT2D eigenvalue weighted by molar-refractivity contribution is -0.149. The van der Waals surface area contributed by atoms with E-state index in [-0.39, 0.29) is 38.1 Å². The molecule has 16 heteroatoms. The highest BCUT2D eigenvalue weighted by Crippen LogP contribution is 2.20. The molecule has 1 saturated heterocycles. The first-order valence-corrected chi connectivity index (χ1v) is 18.7. The van der Waals surface area contributed by atoms with Crippen LogP contribution in [0.25, 0.3) is 0 Å². The lowest BCUT2D eigenvalue weighted by Crippen LogP contribution is -2.60. The van der Waals surface area contributed by atoms with Crippen molar-refractivity contribution in [2.24, 2.45) is 17.6 Å². The lowest BCUT2D eigenvalue weighted by atomic mass is 9.99. The van der Waals surface area contributed by atoms with Crippen LogP contribution in [-0.2, 0) is 40.0 Å². The molecule has 0 unspecified atom stereocenters. The summed E-state index contributed by atoms with van der Waals surface area (Å²) in [6.45, 7) is 7.36. The van der Waals surface area contributed by atoms with Crippen LogP contribution in [0.2, 0.25) is 0 Å². The maximum Gasteiger partial charge on any atom is 0.326 e. The summed E-state index contributed by atoms with van der Waals surface area (Å²) in [5.41, 5.74) is 6.74. The van der Waals surface area contributed by atoms with Gasteiger partial charge in [0.15, 0.2) is 0 Å². The van der Waals surface area contributed by atoms with E-state index in [0.29, 0.717) is 18.6 Å². The van der Waals surface area contributed by atoms with Crippen LogP contribution in [0.15, 0.2) is 30.3 Å². The summed E-state index contributed by atoms with van der Waals surface area (Å²) in [6, 6.07) is 2.19. The molecule has 0 saturated carbocycles. The Kier molecular flexibility index (Phi) is 17.9. The number of carbonyl (C=O) groups excluding carboxylic acids is 5. The molecule has 284 valence electrons. The Balaban J connectivity index is 2.30. The van der Waals surface area contributed by atoms with E-state index >= 15 is 0 Å². The molecule has 0 bridgehead atoms. The van der Waals surface area contributed by atoms with Gasteiger partial charge in [0.2, 0.25) is 29.5 Å². The van der Waals surface area contributed by atoms with Gasteiger partial charge in [-0.3, -0.25) is 28.8 Å². The second-order valence-electron chi connectivity index (χ2n) is 13.6. The smallest absolute Gasteiger partial charge is 0.326 e. The van der Waals surface area contributed by atoms with Crippen molar-refractivity contribution >= 4 is 53.2 Å². The molecule has 1 heterocycles. The van der Waals surface area contributed by atoms with Gasteiger partial charge in [-0.25, -0.2) is 4.79 Å². The number of aliphatic carboxylic acids is 2. The summed E-state index contributed by atoms with van der Waals surface area (Å²) >= 11 is 1.44. The first kappa shape index (κ1) is 43.0. The number of likely N-dealkylation sites (tertiary alicyclic amines) is 1. The van der Waals surface area contributed by atoms with Crippen molar-refractivity contribution in [1.29, 1.82) is 0 Å². The molecule has 1 aliphatic rings. The largest absolute Gasteiger partial charge is 0.481 e. The minimum absolute atomic E-state index is 0.0638. The van der Waals surface area contributed by atoms with Crippen LogP contribution in [0.1, 0.15) is 71.8 Å². The highest BCUT2D eigenvalue weighted by Gasteiger charge is 2.39. The first-order chi connectivity index (χ1) is 24.0. The topological polar surface area (TPSA) is 237 Å². The Labute approximate surface area is 303 Å². The van der Waals surface area contributed by atoms with E-state index in [1.807, 2.05) is 20.1 Å². The van der Waals surface area contributed by atoms with Gasteiger partial charge in [0.05, 0.1) is 6.04 Å². The van der Waals surface area contributed by atoms with E-state index in [0.717, 1.165) is 5.56 Å². The van der Waals surface area contributed by atoms with E-state index in [1.54, 1.807) is 44.2 Å². The summed E-state index contributed by atoms with van der Waals surface area (Å²) < 4.78 is 0. The number of amides is 5. The number of nitrogens with zero attached hydrogens (tertiary/aromatic N) is 1. The fraction of sp³-hybridized carbons (Fsp3) is 0.629. The number of nitrogens with one attached hydrogen (secondary N) is 4. The van der Waals surface area contributed by atoms with Crippen LogP contribution in [-0.4, -0.2) is 111 Å². The average molecular weight is 735 g/mol. The Morgan fingerprint density at radius 2 is 1.43 bits per heavy atom. The average Bonchev–Trinajstić information content (AvgIpc) is 3.57. The van der Waals surface area contributed by atoms with Gasteiger partial charge < -0.3 is 42.1 Å². The van der Waals surface area contributed by atoms with Gasteiger partial charge in [0.25, 0.3) is 0 Å². The van der Waals surface area contributed by atoms with Gasteiger partial charge in [-0.05, 0) is 61.5 Å². The Bertz CT molecular complexity index is 1360. The van der Waals surface area contributed by atoms with Gasteiger partial charge in [0, 0.05) is 19.4 Å². The maximum absolute atomic E-state index is 13.8. The van der Waals surface area contributed by atoms with E-state index < -0.39 is 90.1 Å². The molecule has 1 aromatic carbocycles. The number of benzene rings is 1. The normalized spacial score (nSPS) is 17.2. The number of nitrogens with two attached hydrogens (primary N) is 1. The Hall–Kier alpha value is -4.18. The monoisotopic (exact) mass is 734 g/mol. The van der Waals surface area contributed by atoms with Crippen LogP contribution >= 0.6 is 11.8 Å². The molecule has 1 aromatic rings. The van der Waals surface area contributed by atoms with E-state index in [1.165, 1.54) is 16.7 Å². The van der Waals surface area contributed by atoms with Crippen LogP contribution in [0, 0.1) is 11.8 Å². The third-order valence-corrected chi connectivity index (χ3v) is 9.19. The van der Waals surface area contributed by atoms with E-state index in [4.69, 9.17) is 5.73 Å². The van der Waals surface area contributed by atoms with Crippen LogP contribution in [0.4, 0.5) is 0 Å². The van der Waals surface area contributed by atoms with Crippen molar-refractivity contribution in [3.05, 3.63) is 35.9 Å². The predicted molar refractivity (Wildman–Crippen MR) is 192 cm³/mol. The maximum atomic E-state index is 13.8. The SMILES string of the molecule is CSCC[C@H](NC(=O)[C@@H](N)CC(C)C)C(=O)N[C@@H](CCC(=O)O)C(=O)N[C@H](C(=O)N[C@@H](Cc1ccccc1)C(=O)N1CCC[C@H]1C(=O)O)C(C)C. The van der Waals surface area contributed by atoms with Crippen LogP contribution in [0.3, 0.4) is 0 Å². The number of hydrogen-bond donors (Lipinski definition) is 7. The highest BCUT2D eigenvalue weighted by molar-refractivity contribution is 7.98. The third kappa shape index (κ3) is 14.2. The zero-order chi connectivity index (χ0) is 38.2. The lowest BCUT2D eigenvalue weighted by Gasteiger charge is -2.30. The van der Waals surface area contributed by atoms with Crippen molar-refractivity contribution in [1.82, 2.24) is 26.2 Å². The quantitative estimate of drug-likeness (QED) is 0.0937. The van der Waals surface area contributed by atoms with Gasteiger partial charge in [-0.2, -0.15) is 11.8 Å². The number of carboxylic acids is 2. The van der Waals surface area contributed by atoms with E-state index in [2.05, 4.69) is 21.3 Å². The number of thioether (sulfide) groups is 1. The van der Waals surface area contributed by atoms with Crippen molar-refractivity contribution in [3.8, 4) is 0 Å². The number of rotatable bonds is 21.